The highest BCUT2D eigenvalue weighted by Crippen LogP contribution is 2.20. The SMILES string of the molecule is CCNC(=NCC(c1ccccc1)N(CC)CC)NCCNC(=O)C(C)(C)C.I. The van der Waals surface area contributed by atoms with Crippen molar-refractivity contribution in [3.05, 3.63) is 35.9 Å². The van der Waals surface area contributed by atoms with Crippen molar-refractivity contribution in [2.75, 3.05) is 39.3 Å². The van der Waals surface area contributed by atoms with Crippen molar-refractivity contribution >= 4 is 35.8 Å². The normalized spacial score (nSPS) is 12.9. The average Bonchev–Trinajstić information content (AvgIpc) is 2.67. The summed E-state index contributed by atoms with van der Waals surface area (Å²) in [6, 6.07) is 10.8. The lowest BCUT2D eigenvalue weighted by molar-refractivity contribution is -0.128. The summed E-state index contributed by atoms with van der Waals surface area (Å²) in [6.07, 6.45) is 0. The van der Waals surface area contributed by atoms with Crippen LogP contribution in [0.2, 0.25) is 0 Å². The first kappa shape index (κ1) is 27.6. The lowest BCUT2D eigenvalue weighted by atomic mass is 9.96. The van der Waals surface area contributed by atoms with Crippen LogP contribution in [0.1, 0.15) is 53.1 Å². The molecule has 1 aromatic carbocycles. The van der Waals surface area contributed by atoms with Crippen LogP contribution in [-0.4, -0.2) is 56.0 Å². The first-order valence-electron chi connectivity index (χ1n) is 10.4. The molecule has 3 N–H and O–H groups in total. The Kier molecular flexibility index (Phi) is 13.9. The van der Waals surface area contributed by atoms with Crippen LogP contribution in [0, 0.1) is 5.41 Å². The van der Waals surface area contributed by atoms with Crippen molar-refractivity contribution in [1.82, 2.24) is 20.9 Å². The average molecular weight is 518 g/mol. The number of nitrogens with one attached hydrogen (secondary N) is 3. The summed E-state index contributed by atoms with van der Waals surface area (Å²) in [6.45, 7) is 16.8. The van der Waals surface area contributed by atoms with Gasteiger partial charge in [-0.1, -0.05) is 65.0 Å². The van der Waals surface area contributed by atoms with E-state index in [0.29, 0.717) is 19.6 Å². The fourth-order valence-electron chi connectivity index (χ4n) is 2.91. The Morgan fingerprint density at radius 1 is 1.00 bits per heavy atom. The molecule has 0 fully saturated rings. The van der Waals surface area contributed by atoms with E-state index in [9.17, 15) is 4.79 Å². The number of hydrogen-bond donors (Lipinski definition) is 3. The largest absolute Gasteiger partial charge is 0.357 e. The Bertz CT molecular complexity index is 597. The molecule has 6 nitrogen and oxygen atoms in total. The van der Waals surface area contributed by atoms with Crippen molar-refractivity contribution in [2.45, 2.75) is 47.6 Å². The zero-order valence-corrected chi connectivity index (χ0v) is 21.2. The molecule has 29 heavy (non-hydrogen) atoms. The van der Waals surface area contributed by atoms with Crippen molar-refractivity contribution in [3.8, 4) is 0 Å². The third kappa shape index (κ3) is 10.3. The molecule has 1 unspecified atom stereocenters. The predicted molar refractivity (Wildman–Crippen MR) is 134 cm³/mol. The number of aliphatic imine (C=N–C) groups is 1. The highest BCUT2D eigenvalue weighted by molar-refractivity contribution is 14.0. The van der Waals surface area contributed by atoms with Crippen LogP contribution in [0.3, 0.4) is 0 Å². The van der Waals surface area contributed by atoms with Crippen LogP contribution < -0.4 is 16.0 Å². The van der Waals surface area contributed by atoms with Gasteiger partial charge in [0.1, 0.15) is 0 Å². The summed E-state index contributed by atoms with van der Waals surface area (Å²) in [7, 11) is 0. The van der Waals surface area contributed by atoms with E-state index in [0.717, 1.165) is 25.6 Å². The topological polar surface area (TPSA) is 68.8 Å². The van der Waals surface area contributed by atoms with Gasteiger partial charge in [0.25, 0.3) is 0 Å². The van der Waals surface area contributed by atoms with Crippen molar-refractivity contribution in [2.24, 2.45) is 10.4 Å². The van der Waals surface area contributed by atoms with E-state index < -0.39 is 0 Å². The van der Waals surface area contributed by atoms with Gasteiger partial charge in [-0.3, -0.25) is 14.7 Å². The van der Waals surface area contributed by atoms with Crippen LogP contribution in [0.5, 0.6) is 0 Å². The molecule has 0 saturated heterocycles. The molecule has 1 amide bonds. The Balaban J connectivity index is 0.00000784. The number of carbonyl (C=O) groups excluding carboxylic acids is 1. The van der Waals surface area contributed by atoms with Crippen LogP contribution in [-0.2, 0) is 4.79 Å². The molecule has 1 aromatic rings. The Morgan fingerprint density at radius 2 is 1.59 bits per heavy atom. The number of halogens is 1. The van der Waals surface area contributed by atoms with Crippen LogP contribution in [0.25, 0.3) is 0 Å². The molecule has 166 valence electrons. The molecule has 0 saturated carbocycles. The number of hydrogen-bond acceptors (Lipinski definition) is 3. The second-order valence-electron chi connectivity index (χ2n) is 7.80. The van der Waals surface area contributed by atoms with E-state index >= 15 is 0 Å². The summed E-state index contributed by atoms with van der Waals surface area (Å²) in [5.41, 5.74) is 0.911. The maximum atomic E-state index is 12.0. The van der Waals surface area contributed by atoms with Crippen LogP contribution >= 0.6 is 24.0 Å². The van der Waals surface area contributed by atoms with Gasteiger partial charge in [-0.15, -0.1) is 24.0 Å². The number of rotatable bonds is 10. The minimum atomic E-state index is -0.370. The maximum absolute atomic E-state index is 12.0. The van der Waals surface area contributed by atoms with Crippen LogP contribution in [0.4, 0.5) is 0 Å². The first-order valence-corrected chi connectivity index (χ1v) is 10.4. The summed E-state index contributed by atoms with van der Waals surface area (Å²) in [5.74, 6) is 0.836. The Morgan fingerprint density at radius 3 is 2.10 bits per heavy atom. The van der Waals surface area contributed by atoms with Gasteiger partial charge in [0.2, 0.25) is 5.91 Å². The number of likely N-dealkylation sites (N-methyl/N-ethyl adjacent to an activating group) is 1. The van der Waals surface area contributed by atoms with E-state index in [1.165, 1.54) is 5.56 Å². The van der Waals surface area contributed by atoms with Crippen molar-refractivity contribution in [3.63, 3.8) is 0 Å². The van der Waals surface area contributed by atoms with Gasteiger partial charge in [-0.25, -0.2) is 0 Å². The van der Waals surface area contributed by atoms with Crippen LogP contribution in [0.15, 0.2) is 35.3 Å². The van der Waals surface area contributed by atoms with Gasteiger partial charge >= 0.3 is 0 Å². The van der Waals surface area contributed by atoms with Gasteiger partial charge in [-0.2, -0.15) is 0 Å². The monoisotopic (exact) mass is 517 g/mol. The number of carbonyl (C=O) groups is 1. The Hall–Kier alpha value is -1.35. The molecule has 0 aliphatic heterocycles. The van der Waals surface area contributed by atoms with E-state index in [2.05, 4.69) is 65.9 Å². The number of amides is 1. The molecule has 1 rings (SSSR count). The molecule has 7 heteroatoms. The summed E-state index contributed by atoms with van der Waals surface area (Å²) in [4.78, 5) is 19.2. The molecular weight excluding hydrogens is 477 g/mol. The minimum absolute atomic E-state index is 0. The molecule has 0 bridgehead atoms. The van der Waals surface area contributed by atoms with Crippen molar-refractivity contribution < 1.29 is 4.79 Å². The third-order valence-corrected chi connectivity index (χ3v) is 4.59. The summed E-state index contributed by atoms with van der Waals surface area (Å²) < 4.78 is 0. The predicted octanol–water partition coefficient (Wildman–Crippen LogP) is 3.40. The summed E-state index contributed by atoms with van der Waals surface area (Å²) >= 11 is 0. The number of guanidine groups is 1. The smallest absolute Gasteiger partial charge is 0.225 e. The minimum Gasteiger partial charge on any atom is -0.357 e. The summed E-state index contributed by atoms with van der Waals surface area (Å²) in [5, 5.41) is 9.56. The molecule has 0 spiro atoms. The van der Waals surface area contributed by atoms with Gasteiger partial charge in [-0.05, 0) is 25.6 Å². The molecule has 0 aliphatic carbocycles. The van der Waals surface area contributed by atoms with Gasteiger partial charge in [0.15, 0.2) is 5.96 Å². The fourth-order valence-corrected chi connectivity index (χ4v) is 2.91. The van der Waals surface area contributed by atoms with E-state index in [1.807, 2.05) is 26.8 Å². The quantitative estimate of drug-likeness (QED) is 0.193. The molecule has 0 heterocycles. The third-order valence-electron chi connectivity index (χ3n) is 4.59. The number of benzene rings is 1. The maximum Gasteiger partial charge on any atom is 0.225 e. The Labute approximate surface area is 194 Å². The zero-order valence-electron chi connectivity index (χ0n) is 18.9. The second-order valence-corrected chi connectivity index (χ2v) is 7.80. The second kappa shape index (κ2) is 14.6. The fraction of sp³-hybridized carbons (Fsp3) is 0.636. The standard InChI is InChI=1S/C22H39N5O.HI/c1-7-23-21(25-16-15-24-20(28)22(4,5)6)26-17-19(27(8-2)9-3)18-13-11-10-12-14-18;/h10-14,19H,7-9,15-17H2,1-6H3,(H,24,28)(H2,23,25,26);1H. The van der Waals surface area contributed by atoms with Gasteiger partial charge < -0.3 is 16.0 Å². The van der Waals surface area contributed by atoms with Gasteiger partial charge in [0, 0.05) is 25.0 Å². The first-order chi connectivity index (χ1) is 13.3. The molecule has 0 radical (unpaired) electrons. The van der Waals surface area contributed by atoms with E-state index in [1.54, 1.807) is 0 Å². The van der Waals surface area contributed by atoms with E-state index in [-0.39, 0.29) is 41.3 Å². The molecule has 1 atom stereocenters. The lowest BCUT2D eigenvalue weighted by Gasteiger charge is -2.29. The highest BCUT2D eigenvalue weighted by Gasteiger charge is 2.20. The lowest BCUT2D eigenvalue weighted by Crippen LogP contribution is -2.44. The zero-order chi connectivity index (χ0) is 21.0. The van der Waals surface area contributed by atoms with E-state index in [4.69, 9.17) is 4.99 Å². The van der Waals surface area contributed by atoms with Gasteiger partial charge in [0.05, 0.1) is 12.6 Å². The highest BCUT2D eigenvalue weighted by atomic mass is 127. The molecule has 0 aromatic heterocycles. The molecule has 0 aliphatic rings. The van der Waals surface area contributed by atoms with Crippen molar-refractivity contribution in [1.29, 1.82) is 0 Å². The number of nitrogens with zero attached hydrogens (tertiary/aromatic N) is 2. The molecular formula is C22H40IN5O.